The zero-order valence-corrected chi connectivity index (χ0v) is 18.8. The number of aromatic nitrogens is 5. The number of amides is 1. The second kappa shape index (κ2) is 8.96. The van der Waals surface area contributed by atoms with Crippen LogP contribution in [0.5, 0.6) is 0 Å². The zero-order chi connectivity index (χ0) is 24.6. The van der Waals surface area contributed by atoms with Crippen molar-refractivity contribution >= 4 is 29.2 Å². The molecule has 0 unspecified atom stereocenters. The van der Waals surface area contributed by atoms with Gasteiger partial charge >= 0.3 is 0 Å². The molecular formula is C22H22F3N9O. The van der Waals surface area contributed by atoms with E-state index in [9.17, 15) is 18.0 Å². The minimum atomic E-state index is -2.69. The van der Waals surface area contributed by atoms with Gasteiger partial charge in [0.15, 0.2) is 5.82 Å². The maximum absolute atomic E-state index is 13.4. The molecule has 5 rings (SSSR count). The van der Waals surface area contributed by atoms with Crippen LogP contribution in [0.25, 0.3) is 0 Å². The predicted octanol–water partition coefficient (Wildman–Crippen LogP) is 2.22. The first-order valence-electron chi connectivity index (χ1n) is 11.0. The number of halogens is 3. The van der Waals surface area contributed by atoms with Gasteiger partial charge in [-0.1, -0.05) is 0 Å². The van der Waals surface area contributed by atoms with Gasteiger partial charge in [0.1, 0.15) is 23.8 Å². The molecule has 2 aliphatic rings. The topological polar surface area (TPSA) is 103 Å². The number of hydrogen-bond donors (Lipinski definition) is 1. The lowest BCUT2D eigenvalue weighted by atomic mass is 10.1. The van der Waals surface area contributed by atoms with E-state index < -0.39 is 17.8 Å². The normalized spacial score (nSPS) is 19.3. The summed E-state index contributed by atoms with van der Waals surface area (Å²) in [6.07, 6.45) is 5.60. The summed E-state index contributed by atoms with van der Waals surface area (Å²) in [4.78, 5) is 38.5. The van der Waals surface area contributed by atoms with Crippen molar-refractivity contribution in [2.75, 3.05) is 52.7 Å². The fourth-order valence-corrected chi connectivity index (χ4v) is 4.11. The molecule has 0 aliphatic carbocycles. The van der Waals surface area contributed by atoms with E-state index in [0.717, 1.165) is 0 Å². The molecule has 10 nitrogen and oxygen atoms in total. The van der Waals surface area contributed by atoms with E-state index in [2.05, 4.69) is 35.1 Å². The van der Waals surface area contributed by atoms with Crippen molar-refractivity contribution in [2.45, 2.75) is 18.9 Å². The van der Waals surface area contributed by atoms with Crippen LogP contribution in [0.1, 0.15) is 17.3 Å². The summed E-state index contributed by atoms with van der Waals surface area (Å²) >= 11 is 0. The Morgan fingerprint density at radius 3 is 2.40 bits per heavy atom. The Morgan fingerprint density at radius 2 is 1.77 bits per heavy atom. The van der Waals surface area contributed by atoms with Crippen LogP contribution in [0.4, 0.5) is 36.4 Å². The van der Waals surface area contributed by atoms with Crippen molar-refractivity contribution in [3.8, 4) is 0 Å². The molecule has 2 saturated heterocycles. The molecule has 3 aromatic rings. The van der Waals surface area contributed by atoms with E-state index in [-0.39, 0.29) is 30.5 Å². The van der Waals surface area contributed by atoms with Crippen LogP contribution < -0.4 is 20.0 Å². The molecule has 35 heavy (non-hydrogen) atoms. The van der Waals surface area contributed by atoms with Gasteiger partial charge in [-0.3, -0.25) is 4.79 Å². The molecular weight excluding hydrogens is 463 g/mol. The van der Waals surface area contributed by atoms with Crippen molar-refractivity contribution in [1.82, 2.24) is 24.9 Å². The van der Waals surface area contributed by atoms with E-state index >= 15 is 0 Å². The highest BCUT2D eigenvalue weighted by atomic mass is 19.3. The van der Waals surface area contributed by atoms with Gasteiger partial charge in [0.05, 0.1) is 31.0 Å². The molecule has 0 bridgehead atoms. The van der Waals surface area contributed by atoms with E-state index in [0.29, 0.717) is 37.1 Å². The Kier molecular flexibility index (Phi) is 5.83. The Labute approximate surface area is 198 Å². The van der Waals surface area contributed by atoms with Gasteiger partial charge in [0.2, 0.25) is 5.95 Å². The summed E-state index contributed by atoms with van der Waals surface area (Å²) < 4.78 is 39.5. The van der Waals surface area contributed by atoms with Crippen molar-refractivity contribution in [2.24, 2.45) is 0 Å². The lowest BCUT2D eigenvalue weighted by Crippen LogP contribution is -2.56. The zero-order valence-electron chi connectivity index (χ0n) is 18.8. The van der Waals surface area contributed by atoms with Crippen LogP contribution in [0.2, 0.25) is 0 Å². The molecule has 0 aromatic carbocycles. The van der Waals surface area contributed by atoms with E-state index in [1.807, 2.05) is 11.8 Å². The molecule has 3 aromatic heterocycles. The van der Waals surface area contributed by atoms with Crippen LogP contribution in [0, 0.1) is 5.95 Å². The lowest BCUT2D eigenvalue weighted by Gasteiger charge is -2.40. The Hall–Kier alpha value is -4.03. The summed E-state index contributed by atoms with van der Waals surface area (Å²) in [6, 6.07) is 4.44. The number of rotatable bonds is 5. The largest absolute Gasteiger partial charge is 0.353 e. The van der Waals surface area contributed by atoms with E-state index in [1.54, 1.807) is 6.20 Å². The van der Waals surface area contributed by atoms with Crippen LogP contribution in [0.3, 0.4) is 0 Å². The number of piperazine rings is 1. The predicted molar refractivity (Wildman–Crippen MR) is 122 cm³/mol. The number of nitrogens with zero attached hydrogens (tertiary/aromatic N) is 8. The van der Waals surface area contributed by atoms with Crippen molar-refractivity contribution in [3.05, 3.63) is 54.6 Å². The molecule has 1 amide bonds. The molecule has 1 atom stereocenters. The molecule has 0 saturated carbocycles. The number of pyridine rings is 1. The molecule has 1 N–H and O–H groups in total. The number of carbonyl (C=O) groups excluding carboxylic acids is 1. The minimum Gasteiger partial charge on any atom is -0.353 e. The van der Waals surface area contributed by atoms with E-state index in [4.69, 9.17) is 0 Å². The number of carbonyl (C=O) groups is 1. The van der Waals surface area contributed by atoms with Gasteiger partial charge < -0.3 is 20.0 Å². The monoisotopic (exact) mass is 485 g/mol. The second-order valence-corrected chi connectivity index (χ2v) is 8.52. The van der Waals surface area contributed by atoms with Crippen molar-refractivity contribution in [3.63, 3.8) is 0 Å². The molecule has 5 heterocycles. The van der Waals surface area contributed by atoms with Gasteiger partial charge in [-0.25, -0.2) is 33.7 Å². The number of anilines is 4. The molecule has 13 heteroatoms. The SMILES string of the molecule is C[C@H]1CN(c2cc(F)ncn2)CCN1c1cnc(NC(=O)c2ccc(N3CC(F)(F)C3)nc2)cn1. The third-order valence-electron chi connectivity index (χ3n) is 5.92. The van der Waals surface area contributed by atoms with E-state index in [1.165, 1.54) is 41.8 Å². The van der Waals surface area contributed by atoms with Crippen LogP contribution in [-0.2, 0) is 0 Å². The molecule has 182 valence electrons. The number of nitrogens with one attached hydrogen (secondary N) is 1. The number of hydrogen-bond acceptors (Lipinski definition) is 9. The molecule has 2 fully saturated rings. The van der Waals surface area contributed by atoms with Crippen LogP contribution >= 0.6 is 0 Å². The summed E-state index contributed by atoms with van der Waals surface area (Å²) in [5.74, 6) is -1.83. The highest BCUT2D eigenvalue weighted by Gasteiger charge is 2.44. The standard InChI is InChI=1S/C22H22F3N9O/c1-14-10-32(19-6-16(23)29-13-30-19)4-5-34(14)20-9-26-17(8-28-20)31-21(35)15-2-3-18(27-7-15)33-11-22(24,25)12-33/h2-3,6-9,13-14H,4-5,10-12H2,1H3,(H,26,31,35)/t14-/m0/s1. The van der Waals surface area contributed by atoms with Gasteiger partial charge in [0.25, 0.3) is 11.8 Å². The lowest BCUT2D eigenvalue weighted by molar-refractivity contribution is -0.0267. The third kappa shape index (κ3) is 4.93. The first-order chi connectivity index (χ1) is 16.8. The quantitative estimate of drug-likeness (QED) is 0.545. The molecule has 0 radical (unpaired) electrons. The fraction of sp³-hybridized carbons (Fsp3) is 0.364. The summed E-state index contributed by atoms with van der Waals surface area (Å²) in [7, 11) is 0. The second-order valence-electron chi connectivity index (χ2n) is 8.52. The van der Waals surface area contributed by atoms with Crippen LogP contribution in [-0.4, -0.2) is 75.5 Å². The van der Waals surface area contributed by atoms with Gasteiger partial charge in [-0.15, -0.1) is 0 Å². The highest BCUT2D eigenvalue weighted by Crippen LogP contribution is 2.30. The maximum Gasteiger partial charge on any atom is 0.282 e. The Balaban J connectivity index is 1.17. The molecule has 2 aliphatic heterocycles. The highest BCUT2D eigenvalue weighted by molar-refractivity contribution is 6.03. The number of alkyl halides is 2. The summed E-state index contributed by atoms with van der Waals surface area (Å²) in [6.45, 7) is 3.15. The maximum atomic E-state index is 13.4. The third-order valence-corrected chi connectivity index (χ3v) is 5.92. The fourth-order valence-electron chi connectivity index (χ4n) is 4.11. The average molecular weight is 485 g/mol. The molecule has 0 spiro atoms. The van der Waals surface area contributed by atoms with Gasteiger partial charge in [0, 0.05) is 37.9 Å². The average Bonchev–Trinajstić information content (AvgIpc) is 2.83. The van der Waals surface area contributed by atoms with Gasteiger partial charge in [-0.2, -0.15) is 4.39 Å². The Bertz CT molecular complexity index is 1200. The smallest absolute Gasteiger partial charge is 0.282 e. The van der Waals surface area contributed by atoms with Crippen molar-refractivity contribution in [1.29, 1.82) is 0 Å². The van der Waals surface area contributed by atoms with Gasteiger partial charge in [-0.05, 0) is 19.1 Å². The minimum absolute atomic E-state index is 0.0625. The first kappa shape index (κ1) is 22.7. The summed E-state index contributed by atoms with van der Waals surface area (Å²) in [5, 5.41) is 2.66. The Morgan fingerprint density at radius 1 is 0.971 bits per heavy atom. The van der Waals surface area contributed by atoms with Crippen LogP contribution in [0.15, 0.2) is 43.1 Å². The van der Waals surface area contributed by atoms with Crippen molar-refractivity contribution < 1.29 is 18.0 Å². The first-order valence-corrected chi connectivity index (χ1v) is 11.0. The summed E-state index contributed by atoms with van der Waals surface area (Å²) in [5.41, 5.74) is 0.276.